The van der Waals surface area contributed by atoms with Crippen LogP contribution in [0.5, 0.6) is 0 Å². The fourth-order valence-corrected chi connectivity index (χ4v) is 1.98. The maximum atomic E-state index is 10.6. The molecule has 2 N–H and O–H groups in total. The molecule has 3 rings (SSSR count). The fraction of sp³-hybridized carbons (Fsp3) is 0.357. The molecular formula is C14H14F3N3O3. The van der Waals surface area contributed by atoms with Crippen LogP contribution in [0.15, 0.2) is 34.9 Å². The molecule has 1 aromatic heterocycles. The van der Waals surface area contributed by atoms with Crippen LogP contribution in [0.4, 0.5) is 13.2 Å². The quantitative estimate of drug-likeness (QED) is 0.881. The number of nitrogens with zero attached hydrogens (tertiary/aromatic N) is 2. The SMILES string of the molecule is O=C(O)C(F)(F)F.c1ccc(-c2noc(C3CCCN3)n2)cc1. The molecule has 23 heavy (non-hydrogen) atoms. The molecule has 2 aromatic rings. The van der Waals surface area contributed by atoms with E-state index in [0.29, 0.717) is 11.7 Å². The third kappa shape index (κ3) is 4.78. The molecule has 0 saturated carbocycles. The van der Waals surface area contributed by atoms with Gasteiger partial charge in [-0.2, -0.15) is 18.2 Å². The van der Waals surface area contributed by atoms with Crippen LogP contribution in [0, 0.1) is 0 Å². The first-order chi connectivity index (χ1) is 10.9. The number of hydrogen-bond donors (Lipinski definition) is 2. The van der Waals surface area contributed by atoms with E-state index >= 15 is 0 Å². The van der Waals surface area contributed by atoms with Crippen molar-refractivity contribution in [3.8, 4) is 11.4 Å². The summed E-state index contributed by atoms with van der Waals surface area (Å²) in [6.45, 7) is 1.04. The van der Waals surface area contributed by atoms with E-state index in [1.807, 2.05) is 30.3 Å². The van der Waals surface area contributed by atoms with Gasteiger partial charge in [0.15, 0.2) is 0 Å². The number of halogens is 3. The van der Waals surface area contributed by atoms with Crippen LogP contribution in [-0.2, 0) is 4.79 Å². The molecule has 1 unspecified atom stereocenters. The lowest BCUT2D eigenvalue weighted by atomic mass is 10.2. The van der Waals surface area contributed by atoms with Crippen molar-refractivity contribution in [3.05, 3.63) is 36.2 Å². The number of aromatic nitrogens is 2. The first-order valence-corrected chi connectivity index (χ1v) is 6.80. The molecule has 0 bridgehead atoms. The molecule has 1 atom stereocenters. The monoisotopic (exact) mass is 329 g/mol. The van der Waals surface area contributed by atoms with E-state index in [-0.39, 0.29) is 6.04 Å². The highest BCUT2D eigenvalue weighted by atomic mass is 19.4. The Morgan fingerprint density at radius 3 is 2.48 bits per heavy atom. The average Bonchev–Trinajstić information content (AvgIpc) is 3.19. The molecule has 9 heteroatoms. The number of aliphatic carboxylic acids is 1. The zero-order chi connectivity index (χ0) is 16.9. The molecule has 0 aliphatic carbocycles. The minimum absolute atomic E-state index is 0.241. The van der Waals surface area contributed by atoms with Crippen molar-refractivity contribution >= 4 is 5.97 Å². The standard InChI is InChI=1S/C12H13N3O.C2HF3O2/c1-2-5-9(6-3-1)11-14-12(16-15-11)10-7-4-8-13-10;3-2(4,5)1(6)7/h1-3,5-6,10,13H,4,7-8H2;(H,6,7). The van der Waals surface area contributed by atoms with E-state index in [2.05, 4.69) is 15.5 Å². The van der Waals surface area contributed by atoms with E-state index in [4.69, 9.17) is 14.4 Å². The Morgan fingerprint density at radius 2 is 1.96 bits per heavy atom. The lowest BCUT2D eigenvalue weighted by molar-refractivity contribution is -0.192. The van der Waals surface area contributed by atoms with E-state index in [1.165, 1.54) is 6.42 Å². The Morgan fingerprint density at radius 1 is 1.30 bits per heavy atom. The third-order valence-corrected chi connectivity index (χ3v) is 3.07. The Balaban J connectivity index is 0.000000236. The van der Waals surface area contributed by atoms with Gasteiger partial charge < -0.3 is 14.9 Å². The summed E-state index contributed by atoms with van der Waals surface area (Å²) < 4.78 is 37.0. The molecule has 1 aliphatic heterocycles. The summed E-state index contributed by atoms with van der Waals surface area (Å²) >= 11 is 0. The molecule has 6 nitrogen and oxygen atoms in total. The Kier molecular flexibility index (Phi) is 5.32. The number of carboxylic acid groups (broad SMARTS) is 1. The predicted molar refractivity (Wildman–Crippen MR) is 73.4 cm³/mol. The number of benzene rings is 1. The molecule has 0 amide bonds. The summed E-state index contributed by atoms with van der Waals surface area (Å²) in [5.74, 6) is -1.38. The van der Waals surface area contributed by atoms with Gasteiger partial charge in [0.25, 0.3) is 0 Å². The smallest absolute Gasteiger partial charge is 0.475 e. The summed E-state index contributed by atoms with van der Waals surface area (Å²) in [7, 11) is 0. The number of nitrogens with one attached hydrogen (secondary N) is 1. The van der Waals surface area contributed by atoms with Crippen molar-refractivity contribution in [1.29, 1.82) is 0 Å². The van der Waals surface area contributed by atoms with Gasteiger partial charge in [0.05, 0.1) is 6.04 Å². The Labute approximate surface area is 129 Å². The molecule has 1 aliphatic rings. The number of rotatable bonds is 2. The Bertz CT molecular complexity index is 637. The molecule has 1 aromatic carbocycles. The van der Waals surface area contributed by atoms with Crippen LogP contribution in [-0.4, -0.2) is 33.9 Å². The van der Waals surface area contributed by atoms with Gasteiger partial charge in [-0.05, 0) is 19.4 Å². The molecule has 2 heterocycles. The van der Waals surface area contributed by atoms with E-state index in [9.17, 15) is 13.2 Å². The van der Waals surface area contributed by atoms with Crippen molar-refractivity contribution in [2.75, 3.05) is 6.54 Å². The van der Waals surface area contributed by atoms with Gasteiger partial charge in [0.1, 0.15) is 0 Å². The van der Waals surface area contributed by atoms with Crippen LogP contribution < -0.4 is 5.32 Å². The van der Waals surface area contributed by atoms with E-state index < -0.39 is 12.1 Å². The van der Waals surface area contributed by atoms with Gasteiger partial charge >= 0.3 is 12.1 Å². The summed E-state index contributed by atoms with van der Waals surface area (Å²) in [5.41, 5.74) is 0.996. The van der Waals surface area contributed by atoms with Gasteiger partial charge in [-0.15, -0.1) is 0 Å². The molecular weight excluding hydrogens is 315 g/mol. The normalized spacial score (nSPS) is 17.4. The summed E-state index contributed by atoms with van der Waals surface area (Å²) in [4.78, 5) is 13.3. The van der Waals surface area contributed by atoms with Crippen LogP contribution >= 0.6 is 0 Å². The number of carboxylic acids is 1. The van der Waals surface area contributed by atoms with Crippen molar-refractivity contribution in [1.82, 2.24) is 15.5 Å². The maximum absolute atomic E-state index is 10.6. The van der Waals surface area contributed by atoms with Crippen molar-refractivity contribution < 1.29 is 27.6 Å². The summed E-state index contributed by atoms with van der Waals surface area (Å²) in [6.07, 6.45) is -2.83. The topological polar surface area (TPSA) is 88.2 Å². The summed E-state index contributed by atoms with van der Waals surface area (Å²) in [6, 6.07) is 10.1. The van der Waals surface area contributed by atoms with E-state index in [1.54, 1.807) is 0 Å². The van der Waals surface area contributed by atoms with Gasteiger partial charge in [0, 0.05) is 5.56 Å². The molecule has 124 valence electrons. The number of hydrogen-bond acceptors (Lipinski definition) is 5. The second-order valence-electron chi connectivity index (χ2n) is 4.77. The van der Waals surface area contributed by atoms with Crippen LogP contribution in [0.25, 0.3) is 11.4 Å². The van der Waals surface area contributed by atoms with Crippen molar-refractivity contribution in [2.24, 2.45) is 0 Å². The number of alkyl halides is 3. The van der Waals surface area contributed by atoms with Crippen molar-refractivity contribution in [2.45, 2.75) is 25.1 Å². The fourth-order valence-electron chi connectivity index (χ4n) is 1.98. The molecule has 0 spiro atoms. The highest BCUT2D eigenvalue weighted by molar-refractivity contribution is 5.73. The zero-order valence-corrected chi connectivity index (χ0v) is 11.9. The van der Waals surface area contributed by atoms with Crippen LogP contribution in [0.3, 0.4) is 0 Å². The second kappa shape index (κ2) is 7.23. The second-order valence-corrected chi connectivity index (χ2v) is 4.77. The van der Waals surface area contributed by atoms with Crippen molar-refractivity contribution in [3.63, 3.8) is 0 Å². The number of carbonyl (C=O) groups is 1. The lowest BCUT2D eigenvalue weighted by Gasteiger charge is -2.01. The first-order valence-electron chi connectivity index (χ1n) is 6.80. The molecule has 1 saturated heterocycles. The summed E-state index contributed by atoms with van der Waals surface area (Å²) in [5, 5.41) is 14.5. The van der Waals surface area contributed by atoms with Gasteiger partial charge in [-0.1, -0.05) is 35.5 Å². The zero-order valence-electron chi connectivity index (χ0n) is 11.9. The third-order valence-electron chi connectivity index (χ3n) is 3.07. The van der Waals surface area contributed by atoms with Gasteiger partial charge in [-0.3, -0.25) is 0 Å². The lowest BCUT2D eigenvalue weighted by Crippen LogP contribution is -2.21. The Hall–Kier alpha value is -2.42. The minimum atomic E-state index is -5.08. The van der Waals surface area contributed by atoms with Gasteiger partial charge in [-0.25, -0.2) is 4.79 Å². The van der Waals surface area contributed by atoms with Crippen LogP contribution in [0.2, 0.25) is 0 Å². The minimum Gasteiger partial charge on any atom is -0.475 e. The van der Waals surface area contributed by atoms with Gasteiger partial charge in [0.2, 0.25) is 11.7 Å². The predicted octanol–water partition coefficient (Wildman–Crippen LogP) is 2.79. The largest absolute Gasteiger partial charge is 0.490 e. The maximum Gasteiger partial charge on any atom is 0.490 e. The van der Waals surface area contributed by atoms with Crippen LogP contribution in [0.1, 0.15) is 24.8 Å². The van der Waals surface area contributed by atoms with E-state index in [0.717, 1.165) is 18.5 Å². The molecule has 1 fully saturated rings. The highest BCUT2D eigenvalue weighted by Crippen LogP contribution is 2.23. The average molecular weight is 329 g/mol. The molecule has 0 radical (unpaired) electrons. The first kappa shape index (κ1) is 16.9. The highest BCUT2D eigenvalue weighted by Gasteiger charge is 2.38.